The number of carbonyl (C=O) groups is 2. The van der Waals surface area contributed by atoms with Crippen LogP contribution >= 0.6 is 11.8 Å². The molecule has 23 heavy (non-hydrogen) atoms. The topological polar surface area (TPSA) is 49.9 Å². The highest BCUT2D eigenvalue weighted by atomic mass is 32.2. The number of rotatable bonds is 2. The van der Waals surface area contributed by atoms with E-state index < -0.39 is 0 Å². The highest BCUT2D eigenvalue weighted by molar-refractivity contribution is 7.99. The maximum absolute atomic E-state index is 13.0. The maximum atomic E-state index is 13.0. The largest absolute Gasteiger partial charge is 0.500 e. The minimum absolute atomic E-state index is 0.00901. The lowest BCUT2D eigenvalue weighted by Gasteiger charge is -2.40. The second-order valence-electron chi connectivity index (χ2n) is 5.74. The predicted octanol–water partition coefficient (Wildman–Crippen LogP) is 2.42. The molecule has 0 unspecified atom stereocenters. The molecule has 2 aliphatic rings. The number of hydrogen-bond acceptors (Lipinski definition) is 4. The summed E-state index contributed by atoms with van der Waals surface area (Å²) in [6, 6.07) is 7.50. The summed E-state index contributed by atoms with van der Waals surface area (Å²) in [7, 11) is 1.61. The van der Waals surface area contributed by atoms with Gasteiger partial charge >= 0.3 is 0 Å². The molecule has 0 saturated heterocycles. The zero-order valence-corrected chi connectivity index (χ0v) is 14.4. The number of anilines is 2. The Labute approximate surface area is 140 Å². The number of carbonyl (C=O) groups excluding carboxylic acids is 2. The van der Waals surface area contributed by atoms with Crippen molar-refractivity contribution in [2.24, 2.45) is 0 Å². The average Bonchev–Trinajstić information content (AvgIpc) is 3.01. The fourth-order valence-corrected chi connectivity index (χ4v) is 4.26. The molecule has 0 radical (unpaired) electrons. The number of benzene rings is 1. The summed E-state index contributed by atoms with van der Waals surface area (Å²) in [6.07, 6.45) is 0. The van der Waals surface area contributed by atoms with Crippen LogP contribution in [0.1, 0.15) is 13.8 Å². The van der Waals surface area contributed by atoms with E-state index in [0.717, 1.165) is 28.5 Å². The summed E-state index contributed by atoms with van der Waals surface area (Å²) in [5.74, 6) is 2.15. The van der Waals surface area contributed by atoms with E-state index in [9.17, 15) is 9.59 Å². The molecule has 0 fully saturated rings. The van der Waals surface area contributed by atoms with Gasteiger partial charge in [-0.05, 0) is 19.1 Å². The minimum Gasteiger partial charge on any atom is -0.500 e. The molecule has 0 spiro atoms. The van der Waals surface area contributed by atoms with E-state index in [1.165, 1.54) is 0 Å². The molecular formula is C17H20N2O3S. The Morgan fingerprint density at radius 2 is 1.91 bits per heavy atom. The molecule has 0 aliphatic carbocycles. The summed E-state index contributed by atoms with van der Waals surface area (Å²) in [6.45, 7) is 4.01. The van der Waals surface area contributed by atoms with E-state index in [0.29, 0.717) is 12.3 Å². The number of methoxy groups -OCH3 is 1. The van der Waals surface area contributed by atoms with Crippen molar-refractivity contribution in [3.63, 3.8) is 0 Å². The number of fused-ring (bicyclic) bond motifs is 1. The fourth-order valence-electron chi connectivity index (χ4n) is 3.19. The van der Waals surface area contributed by atoms with Crippen LogP contribution in [0, 0.1) is 0 Å². The number of nitrogens with zero attached hydrogens (tertiary/aromatic N) is 2. The minimum atomic E-state index is -0.0630. The number of hydrogen-bond donors (Lipinski definition) is 0. The van der Waals surface area contributed by atoms with Crippen LogP contribution in [0.15, 0.2) is 35.6 Å². The van der Waals surface area contributed by atoms with Gasteiger partial charge in [-0.15, -0.1) is 11.8 Å². The van der Waals surface area contributed by atoms with Crippen molar-refractivity contribution in [3.8, 4) is 0 Å². The molecule has 122 valence electrons. The third-order valence-corrected chi connectivity index (χ3v) is 5.18. The Morgan fingerprint density at radius 1 is 1.22 bits per heavy atom. The second-order valence-corrected chi connectivity index (χ2v) is 6.73. The van der Waals surface area contributed by atoms with Crippen molar-refractivity contribution < 1.29 is 14.3 Å². The lowest BCUT2D eigenvalue weighted by molar-refractivity contribution is -0.118. The van der Waals surface area contributed by atoms with Gasteiger partial charge in [0.15, 0.2) is 0 Å². The highest BCUT2D eigenvalue weighted by Gasteiger charge is 2.36. The Kier molecular flexibility index (Phi) is 4.35. The van der Waals surface area contributed by atoms with E-state index in [1.54, 1.807) is 35.6 Å². The monoisotopic (exact) mass is 332 g/mol. The van der Waals surface area contributed by atoms with Crippen LogP contribution in [0.25, 0.3) is 0 Å². The van der Waals surface area contributed by atoms with Gasteiger partial charge in [-0.25, -0.2) is 0 Å². The van der Waals surface area contributed by atoms with Gasteiger partial charge in [0.05, 0.1) is 35.9 Å². The second kappa shape index (κ2) is 6.28. The molecule has 2 amide bonds. The summed E-state index contributed by atoms with van der Waals surface area (Å²) >= 11 is 1.68. The van der Waals surface area contributed by atoms with E-state index >= 15 is 0 Å². The number of thioether (sulfide) groups is 1. The normalized spacial score (nSPS) is 20.6. The summed E-state index contributed by atoms with van der Waals surface area (Å²) in [4.78, 5) is 28.6. The van der Waals surface area contributed by atoms with Crippen molar-refractivity contribution in [2.45, 2.75) is 19.9 Å². The number of ether oxygens (including phenoxy) is 1. The molecule has 0 saturated carbocycles. The molecule has 3 rings (SSSR count). The van der Waals surface area contributed by atoms with Crippen LogP contribution in [0.4, 0.5) is 11.4 Å². The van der Waals surface area contributed by atoms with Gasteiger partial charge in [-0.2, -0.15) is 0 Å². The molecule has 5 nitrogen and oxygen atoms in total. The van der Waals surface area contributed by atoms with E-state index in [1.807, 2.05) is 31.2 Å². The van der Waals surface area contributed by atoms with Crippen LogP contribution in [0.5, 0.6) is 0 Å². The fraction of sp³-hybridized carbons (Fsp3) is 0.412. The molecule has 2 heterocycles. The SMILES string of the molecule is COC1=C(C(=O)N2C[C@H](C)N(C(C)=O)c3ccccc32)CSC1. The van der Waals surface area contributed by atoms with E-state index in [-0.39, 0.29) is 17.9 Å². The molecule has 6 heteroatoms. The van der Waals surface area contributed by atoms with Crippen LogP contribution in [-0.2, 0) is 14.3 Å². The standard InChI is InChI=1S/C17H20N2O3S/c1-11-8-18(17(21)13-9-23-10-16(13)22-3)14-6-4-5-7-15(14)19(11)12(2)20/h4-7,11H,8-10H2,1-3H3/t11-/m0/s1. The van der Waals surface area contributed by atoms with Crippen molar-refractivity contribution in [1.82, 2.24) is 0 Å². The number of para-hydroxylation sites is 2. The van der Waals surface area contributed by atoms with Gasteiger partial charge in [0.1, 0.15) is 5.76 Å². The van der Waals surface area contributed by atoms with Gasteiger partial charge in [0.25, 0.3) is 5.91 Å². The van der Waals surface area contributed by atoms with Gasteiger partial charge in [0, 0.05) is 19.2 Å². The Balaban J connectivity index is 2.02. The molecule has 0 aromatic heterocycles. The van der Waals surface area contributed by atoms with Gasteiger partial charge in [0.2, 0.25) is 5.91 Å². The summed E-state index contributed by atoms with van der Waals surface area (Å²) in [5.41, 5.74) is 2.30. The maximum Gasteiger partial charge on any atom is 0.258 e. The quantitative estimate of drug-likeness (QED) is 0.835. The van der Waals surface area contributed by atoms with Crippen LogP contribution in [0.3, 0.4) is 0 Å². The van der Waals surface area contributed by atoms with Crippen molar-refractivity contribution in [3.05, 3.63) is 35.6 Å². The molecule has 1 atom stereocenters. The Morgan fingerprint density at radius 3 is 2.57 bits per heavy atom. The Bertz CT molecular complexity index is 686. The molecule has 0 bridgehead atoms. The third-order valence-electron chi connectivity index (χ3n) is 4.22. The Hall–Kier alpha value is -1.95. The highest BCUT2D eigenvalue weighted by Crippen LogP contribution is 2.37. The zero-order chi connectivity index (χ0) is 16.6. The predicted molar refractivity (Wildman–Crippen MR) is 92.8 cm³/mol. The first-order valence-electron chi connectivity index (χ1n) is 7.59. The van der Waals surface area contributed by atoms with Crippen molar-refractivity contribution in [2.75, 3.05) is 35.0 Å². The lowest BCUT2D eigenvalue weighted by Crippen LogP contribution is -2.51. The van der Waals surface area contributed by atoms with Gasteiger partial charge < -0.3 is 14.5 Å². The molecule has 2 aliphatic heterocycles. The zero-order valence-electron chi connectivity index (χ0n) is 13.5. The van der Waals surface area contributed by atoms with Crippen molar-refractivity contribution in [1.29, 1.82) is 0 Å². The van der Waals surface area contributed by atoms with Crippen LogP contribution < -0.4 is 9.80 Å². The van der Waals surface area contributed by atoms with E-state index in [4.69, 9.17) is 4.74 Å². The van der Waals surface area contributed by atoms with Gasteiger partial charge in [-0.3, -0.25) is 9.59 Å². The summed E-state index contributed by atoms with van der Waals surface area (Å²) < 4.78 is 5.36. The first kappa shape index (κ1) is 15.9. The van der Waals surface area contributed by atoms with Gasteiger partial charge in [-0.1, -0.05) is 12.1 Å². The smallest absolute Gasteiger partial charge is 0.258 e. The van der Waals surface area contributed by atoms with Crippen LogP contribution in [-0.4, -0.2) is 43.0 Å². The number of amides is 2. The van der Waals surface area contributed by atoms with E-state index in [2.05, 4.69) is 0 Å². The third kappa shape index (κ3) is 2.72. The van der Waals surface area contributed by atoms with Crippen molar-refractivity contribution >= 4 is 35.0 Å². The molecule has 1 aromatic rings. The molecular weight excluding hydrogens is 312 g/mol. The molecule has 1 aromatic carbocycles. The summed E-state index contributed by atoms with van der Waals surface area (Å²) in [5, 5.41) is 0. The molecule has 0 N–H and O–H groups in total. The lowest BCUT2D eigenvalue weighted by atomic mass is 10.1. The first-order chi connectivity index (χ1) is 11.0. The first-order valence-corrected chi connectivity index (χ1v) is 8.74. The van der Waals surface area contributed by atoms with Crippen LogP contribution in [0.2, 0.25) is 0 Å². The average molecular weight is 332 g/mol.